The maximum absolute atomic E-state index is 13.3. The number of anilines is 1. The molecule has 1 saturated heterocycles. The minimum absolute atomic E-state index is 0.0000537. The number of piperidine rings is 1. The molecule has 2 aromatic heterocycles. The Morgan fingerprint density at radius 3 is 2.65 bits per heavy atom. The Labute approximate surface area is 215 Å². The number of aliphatic hydroxyl groups excluding tert-OH is 1. The van der Waals surface area contributed by atoms with Crippen LogP contribution in [-0.2, 0) is 35.5 Å². The molecule has 1 atom stereocenters. The van der Waals surface area contributed by atoms with E-state index in [1.54, 1.807) is 26.6 Å². The van der Waals surface area contributed by atoms with E-state index in [0.29, 0.717) is 44.7 Å². The van der Waals surface area contributed by atoms with Crippen molar-refractivity contribution in [1.29, 1.82) is 0 Å². The summed E-state index contributed by atoms with van der Waals surface area (Å²) in [6, 6.07) is 8.88. The average Bonchev–Trinajstić information content (AvgIpc) is 3.25. The third-order valence-electron chi connectivity index (χ3n) is 7.55. The maximum Gasteiger partial charge on any atom is 0.414 e. The summed E-state index contributed by atoms with van der Waals surface area (Å²) in [6.07, 6.45) is 4.15. The summed E-state index contributed by atoms with van der Waals surface area (Å²) in [4.78, 5) is 46.6. The zero-order valence-corrected chi connectivity index (χ0v) is 21.3. The minimum atomic E-state index is -0.404. The van der Waals surface area contributed by atoms with E-state index in [4.69, 9.17) is 9.72 Å². The second-order valence-corrected chi connectivity index (χ2v) is 9.87. The second kappa shape index (κ2) is 10.4. The lowest BCUT2D eigenvalue weighted by molar-refractivity contribution is -0.133. The number of hydrogen-bond donors (Lipinski definition) is 1. The standard InChI is InChI=1S/C27H33N5O5/c1-18-6-7-20-21(32(18)27(36)37-2)8-9-22-26(20)28-23(12-16-29-13-4-3-5-24(29)34)31(22)17-25(35)30-14-10-19(33)11-15-30/h3-5,8-9,13,18-19,33H,6-7,10-12,14-17H2,1-2H3/t18-/m0/s1. The lowest BCUT2D eigenvalue weighted by Crippen LogP contribution is -2.42. The number of nitrogens with zero attached hydrogens (tertiary/aromatic N) is 5. The zero-order chi connectivity index (χ0) is 26.1. The van der Waals surface area contributed by atoms with Crippen molar-refractivity contribution in [1.82, 2.24) is 19.0 Å². The molecule has 4 heterocycles. The molecule has 0 radical (unpaired) electrons. The molecule has 0 unspecified atom stereocenters. The first-order valence-corrected chi connectivity index (χ1v) is 12.9. The summed E-state index contributed by atoms with van der Waals surface area (Å²) in [5, 5.41) is 9.84. The summed E-state index contributed by atoms with van der Waals surface area (Å²) in [6.45, 7) is 3.62. The molecule has 0 spiro atoms. The maximum atomic E-state index is 13.3. The van der Waals surface area contributed by atoms with Crippen LogP contribution in [0.15, 0.2) is 41.3 Å². The molecule has 5 rings (SSSR count). The van der Waals surface area contributed by atoms with Crippen LogP contribution in [0.25, 0.3) is 11.0 Å². The third kappa shape index (κ3) is 4.85. The van der Waals surface area contributed by atoms with E-state index < -0.39 is 6.09 Å². The summed E-state index contributed by atoms with van der Waals surface area (Å²) >= 11 is 0. The van der Waals surface area contributed by atoms with Crippen LogP contribution in [0, 0.1) is 0 Å². The number of hydrogen-bond acceptors (Lipinski definition) is 6. The molecule has 0 bridgehead atoms. The van der Waals surface area contributed by atoms with Gasteiger partial charge in [0.15, 0.2) is 0 Å². The predicted molar refractivity (Wildman–Crippen MR) is 139 cm³/mol. The van der Waals surface area contributed by atoms with Gasteiger partial charge in [-0.2, -0.15) is 0 Å². The molecule has 2 aliphatic rings. The van der Waals surface area contributed by atoms with E-state index in [2.05, 4.69) is 0 Å². The topological polar surface area (TPSA) is 110 Å². The summed E-state index contributed by atoms with van der Waals surface area (Å²) in [7, 11) is 1.38. The summed E-state index contributed by atoms with van der Waals surface area (Å²) in [5.41, 5.74) is 3.26. The molecule has 2 amide bonds. The molecule has 10 heteroatoms. The first-order valence-electron chi connectivity index (χ1n) is 12.9. The number of likely N-dealkylation sites (tertiary alicyclic amines) is 1. The number of rotatable bonds is 5. The van der Waals surface area contributed by atoms with Gasteiger partial charge in [-0.15, -0.1) is 0 Å². The van der Waals surface area contributed by atoms with Crippen molar-refractivity contribution in [3.8, 4) is 0 Å². The lowest BCUT2D eigenvalue weighted by Gasteiger charge is -2.34. The van der Waals surface area contributed by atoms with Crippen LogP contribution < -0.4 is 10.5 Å². The third-order valence-corrected chi connectivity index (χ3v) is 7.55. The normalized spacial score (nSPS) is 18.2. The van der Waals surface area contributed by atoms with E-state index in [9.17, 15) is 19.5 Å². The Balaban J connectivity index is 1.54. The predicted octanol–water partition coefficient (Wildman–Crippen LogP) is 2.33. The Kier molecular flexibility index (Phi) is 7.01. The highest BCUT2D eigenvalue weighted by atomic mass is 16.5. The van der Waals surface area contributed by atoms with Gasteiger partial charge < -0.3 is 23.9 Å². The van der Waals surface area contributed by atoms with Crippen LogP contribution >= 0.6 is 0 Å². The van der Waals surface area contributed by atoms with Gasteiger partial charge in [0.05, 0.1) is 29.9 Å². The molecular weight excluding hydrogens is 474 g/mol. The zero-order valence-electron chi connectivity index (χ0n) is 21.3. The number of pyridine rings is 1. The SMILES string of the molecule is COC(=O)N1c2ccc3c(nc(CCn4ccccc4=O)n3CC(=O)N3CCC(O)CC3)c2CC[C@@H]1C. The molecule has 3 aromatic rings. The number of aliphatic hydroxyl groups is 1. The molecule has 196 valence electrons. The number of amides is 2. The van der Waals surface area contributed by atoms with Crippen LogP contribution in [0.3, 0.4) is 0 Å². The molecule has 2 aliphatic heterocycles. The van der Waals surface area contributed by atoms with Crippen molar-refractivity contribution >= 4 is 28.7 Å². The fourth-order valence-corrected chi connectivity index (χ4v) is 5.44. The molecule has 1 N–H and O–H groups in total. The first-order chi connectivity index (χ1) is 17.9. The van der Waals surface area contributed by atoms with Gasteiger partial charge in [-0.3, -0.25) is 14.5 Å². The number of benzene rings is 1. The van der Waals surface area contributed by atoms with Crippen molar-refractivity contribution in [3.05, 3.63) is 58.3 Å². The number of carbonyl (C=O) groups excluding carboxylic acids is 2. The Morgan fingerprint density at radius 2 is 1.92 bits per heavy atom. The molecule has 1 aromatic carbocycles. The van der Waals surface area contributed by atoms with E-state index in [1.165, 1.54) is 13.2 Å². The van der Waals surface area contributed by atoms with Crippen LogP contribution in [-0.4, -0.2) is 68.5 Å². The fraction of sp³-hybridized carbons (Fsp3) is 0.481. The second-order valence-electron chi connectivity index (χ2n) is 9.87. The Bertz CT molecular complexity index is 1370. The molecule has 1 fully saturated rings. The monoisotopic (exact) mass is 507 g/mol. The molecular formula is C27H33N5O5. The number of fused-ring (bicyclic) bond motifs is 3. The number of aromatic nitrogens is 3. The molecule has 37 heavy (non-hydrogen) atoms. The largest absolute Gasteiger partial charge is 0.452 e. The molecule has 0 saturated carbocycles. The van der Waals surface area contributed by atoms with Crippen molar-refractivity contribution in [2.24, 2.45) is 0 Å². The van der Waals surface area contributed by atoms with Crippen molar-refractivity contribution in [2.45, 2.75) is 64.3 Å². The number of aryl methyl sites for hydroxylation is 3. The van der Waals surface area contributed by atoms with Crippen molar-refractivity contribution in [2.75, 3.05) is 25.1 Å². The minimum Gasteiger partial charge on any atom is -0.452 e. The summed E-state index contributed by atoms with van der Waals surface area (Å²) < 4.78 is 8.62. The quantitative estimate of drug-likeness (QED) is 0.568. The van der Waals surface area contributed by atoms with Gasteiger partial charge in [-0.25, -0.2) is 9.78 Å². The van der Waals surface area contributed by atoms with E-state index in [0.717, 1.165) is 35.1 Å². The number of ether oxygens (including phenoxy) is 1. The highest BCUT2D eigenvalue weighted by Gasteiger charge is 2.32. The average molecular weight is 508 g/mol. The Morgan fingerprint density at radius 1 is 1.14 bits per heavy atom. The molecule has 0 aliphatic carbocycles. The fourth-order valence-electron chi connectivity index (χ4n) is 5.44. The smallest absolute Gasteiger partial charge is 0.414 e. The van der Waals surface area contributed by atoms with Crippen molar-refractivity contribution in [3.63, 3.8) is 0 Å². The van der Waals surface area contributed by atoms with Crippen LogP contribution in [0.4, 0.5) is 10.5 Å². The highest BCUT2D eigenvalue weighted by molar-refractivity contribution is 5.95. The van der Waals surface area contributed by atoms with Crippen LogP contribution in [0.2, 0.25) is 0 Å². The van der Waals surface area contributed by atoms with Crippen LogP contribution in [0.5, 0.6) is 0 Å². The van der Waals surface area contributed by atoms with Gasteiger partial charge >= 0.3 is 6.09 Å². The Hall–Kier alpha value is -3.66. The van der Waals surface area contributed by atoms with Crippen molar-refractivity contribution < 1.29 is 19.4 Å². The number of imidazole rings is 1. The number of carbonyl (C=O) groups is 2. The van der Waals surface area contributed by atoms with Gasteiger partial charge in [0, 0.05) is 49.9 Å². The van der Waals surface area contributed by atoms with Gasteiger partial charge in [-0.05, 0) is 50.8 Å². The van der Waals surface area contributed by atoms with Gasteiger partial charge in [0.2, 0.25) is 5.91 Å². The lowest BCUT2D eigenvalue weighted by atomic mass is 9.96. The molecule has 10 nitrogen and oxygen atoms in total. The summed E-state index contributed by atoms with van der Waals surface area (Å²) in [5.74, 6) is 0.694. The van der Waals surface area contributed by atoms with E-state index >= 15 is 0 Å². The van der Waals surface area contributed by atoms with Gasteiger partial charge in [0.25, 0.3) is 5.56 Å². The van der Waals surface area contributed by atoms with E-state index in [-0.39, 0.29) is 30.2 Å². The highest BCUT2D eigenvalue weighted by Crippen LogP contribution is 2.36. The van der Waals surface area contributed by atoms with E-state index in [1.807, 2.05) is 29.7 Å². The van der Waals surface area contributed by atoms with Gasteiger partial charge in [0.1, 0.15) is 12.4 Å². The van der Waals surface area contributed by atoms with Gasteiger partial charge in [-0.1, -0.05) is 6.07 Å². The number of methoxy groups -OCH3 is 1. The van der Waals surface area contributed by atoms with Crippen LogP contribution in [0.1, 0.15) is 37.6 Å². The first kappa shape index (κ1) is 25.0.